The summed E-state index contributed by atoms with van der Waals surface area (Å²) in [6.07, 6.45) is 6.63. The lowest BCUT2D eigenvalue weighted by molar-refractivity contribution is -0.510. The van der Waals surface area contributed by atoms with Gasteiger partial charge in [0.1, 0.15) is 0 Å². The number of carbonyl (C=O) groups excluding carboxylic acids is 1. The molecule has 0 spiro atoms. The average Bonchev–Trinajstić information content (AvgIpc) is 2.44. The zero-order valence-corrected chi connectivity index (χ0v) is 8.44. The highest BCUT2D eigenvalue weighted by atomic mass is 16.4. The minimum Gasteiger partial charge on any atom is -0.251 e. The number of allylic oxidation sites excluding steroid dienone is 2. The van der Waals surface area contributed by atoms with Gasteiger partial charge in [-0.25, -0.2) is 0 Å². The lowest BCUT2D eigenvalue weighted by Crippen LogP contribution is -2.01. The van der Waals surface area contributed by atoms with Gasteiger partial charge in [-0.15, -0.1) is 0 Å². The van der Waals surface area contributed by atoms with E-state index in [1.807, 2.05) is 13.0 Å². The van der Waals surface area contributed by atoms with E-state index in [9.17, 15) is 0 Å². The normalized spacial score (nSPS) is 21.5. The molecular weight excluding hydrogens is 172 g/mol. The van der Waals surface area contributed by atoms with Crippen LogP contribution in [0.25, 0.3) is 0 Å². The fourth-order valence-electron chi connectivity index (χ4n) is 1.72. The molecule has 72 valence electrons. The van der Waals surface area contributed by atoms with Gasteiger partial charge < -0.3 is 0 Å². The Kier molecular flexibility index (Phi) is 2.78. The summed E-state index contributed by atoms with van der Waals surface area (Å²) >= 11 is 0. The van der Waals surface area contributed by atoms with Gasteiger partial charge in [0.05, 0.1) is 12.5 Å². The molecule has 1 atom stereocenters. The van der Waals surface area contributed by atoms with Gasteiger partial charge in [-0.1, -0.05) is 24.3 Å². The van der Waals surface area contributed by atoms with E-state index >= 15 is 0 Å². The van der Waals surface area contributed by atoms with Crippen LogP contribution in [0.4, 0.5) is 0 Å². The lowest BCUT2D eigenvalue weighted by atomic mass is 10.1. The molecule has 0 saturated heterocycles. The van der Waals surface area contributed by atoms with Gasteiger partial charge in [-0.3, -0.25) is 4.42 Å². The Morgan fingerprint density at radius 2 is 2.00 bits per heavy atom. The van der Waals surface area contributed by atoms with E-state index in [0.717, 1.165) is 18.6 Å². The van der Waals surface area contributed by atoms with Crippen LogP contribution in [-0.2, 0) is 4.42 Å². The van der Waals surface area contributed by atoms with Crippen LogP contribution in [0, 0.1) is 0 Å². The maximum absolute atomic E-state index is 5.83. The maximum atomic E-state index is 5.83. The Hall–Kier alpha value is -1.37. The summed E-state index contributed by atoms with van der Waals surface area (Å²) in [4.78, 5) is 0. The van der Waals surface area contributed by atoms with E-state index < -0.39 is 0 Å². The van der Waals surface area contributed by atoms with Gasteiger partial charge in [0, 0.05) is 12.5 Å². The molecule has 1 nitrogen and oxygen atoms in total. The molecule has 1 heteroatoms. The summed E-state index contributed by atoms with van der Waals surface area (Å²) < 4.78 is 5.83. The quantitative estimate of drug-likeness (QED) is 0.598. The maximum Gasteiger partial charge on any atom is 0.317 e. The third-order valence-electron chi connectivity index (χ3n) is 2.45. The molecular formula is C13H15O+. The number of hydrogen-bond acceptors (Lipinski definition) is 0. The molecule has 0 saturated carbocycles. The summed E-state index contributed by atoms with van der Waals surface area (Å²) in [6, 6.07) is 10.4. The summed E-state index contributed by atoms with van der Waals surface area (Å²) in [5, 5.41) is 0. The fourth-order valence-corrected chi connectivity index (χ4v) is 1.72. The minimum atomic E-state index is 0.228. The van der Waals surface area contributed by atoms with Gasteiger partial charge in [-0.2, -0.15) is 0 Å². The van der Waals surface area contributed by atoms with Gasteiger partial charge in [0.2, 0.25) is 0 Å². The first-order valence-electron chi connectivity index (χ1n) is 5.08. The molecule has 1 aliphatic rings. The van der Waals surface area contributed by atoms with Crippen LogP contribution in [-0.4, -0.2) is 5.78 Å². The summed E-state index contributed by atoms with van der Waals surface area (Å²) in [5.41, 5.74) is 1.27. The van der Waals surface area contributed by atoms with Crippen molar-refractivity contribution in [3.05, 3.63) is 48.0 Å². The predicted octanol–water partition coefficient (Wildman–Crippen LogP) is 3.20. The van der Waals surface area contributed by atoms with Crippen molar-refractivity contribution >= 4 is 5.78 Å². The van der Waals surface area contributed by atoms with E-state index in [1.165, 1.54) is 5.56 Å². The number of rotatable bonds is 1. The van der Waals surface area contributed by atoms with Crippen LogP contribution in [0.2, 0.25) is 0 Å². The molecule has 2 rings (SSSR count). The molecule has 0 unspecified atom stereocenters. The van der Waals surface area contributed by atoms with Crippen molar-refractivity contribution in [1.82, 2.24) is 0 Å². The van der Waals surface area contributed by atoms with Gasteiger partial charge >= 0.3 is 5.78 Å². The summed E-state index contributed by atoms with van der Waals surface area (Å²) in [5.74, 6) is 1.01. The van der Waals surface area contributed by atoms with Crippen LogP contribution in [0.5, 0.6) is 0 Å². The van der Waals surface area contributed by atoms with Crippen molar-refractivity contribution in [2.75, 3.05) is 0 Å². The van der Waals surface area contributed by atoms with Gasteiger partial charge in [0.25, 0.3) is 6.10 Å². The molecule has 0 fully saturated rings. The van der Waals surface area contributed by atoms with Crippen LogP contribution in [0.3, 0.4) is 0 Å². The van der Waals surface area contributed by atoms with Gasteiger partial charge in [-0.05, 0) is 18.6 Å². The first-order chi connectivity index (χ1) is 6.86. The Balaban J connectivity index is 2.24. The van der Waals surface area contributed by atoms with Crippen molar-refractivity contribution in [1.29, 1.82) is 0 Å². The Morgan fingerprint density at radius 1 is 1.21 bits per heavy atom. The second kappa shape index (κ2) is 4.23. The predicted molar refractivity (Wildman–Crippen MR) is 58.2 cm³/mol. The molecule has 0 N–H and O–H groups in total. The van der Waals surface area contributed by atoms with Crippen molar-refractivity contribution in [3.8, 4) is 0 Å². The topological polar surface area (TPSA) is 11.3 Å². The smallest absolute Gasteiger partial charge is 0.251 e. The molecule has 14 heavy (non-hydrogen) atoms. The van der Waals surface area contributed by atoms with Crippen LogP contribution in [0.1, 0.15) is 31.4 Å². The molecule has 1 heterocycles. The van der Waals surface area contributed by atoms with Crippen LogP contribution >= 0.6 is 0 Å². The largest absolute Gasteiger partial charge is 0.317 e. The second-order valence-electron chi connectivity index (χ2n) is 3.61. The molecule has 0 aliphatic carbocycles. The van der Waals surface area contributed by atoms with E-state index in [2.05, 4.69) is 36.4 Å². The SMILES string of the molecule is CC1=[O+][C@@H](c2ccccc2)CCC=C1. The lowest BCUT2D eigenvalue weighted by Gasteiger charge is -2.00. The molecule has 0 radical (unpaired) electrons. The highest BCUT2D eigenvalue weighted by Crippen LogP contribution is 2.21. The Labute approximate surface area is 84.8 Å². The van der Waals surface area contributed by atoms with E-state index in [1.54, 1.807) is 0 Å². The minimum absolute atomic E-state index is 0.228. The highest BCUT2D eigenvalue weighted by molar-refractivity contribution is 5.87. The summed E-state index contributed by atoms with van der Waals surface area (Å²) in [7, 11) is 0. The Bertz CT molecular complexity index is 349. The second-order valence-corrected chi connectivity index (χ2v) is 3.61. The van der Waals surface area contributed by atoms with E-state index in [4.69, 9.17) is 4.42 Å². The van der Waals surface area contributed by atoms with Crippen LogP contribution < -0.4 is 0 Å². The monoisotopic (exact) mass is 187 g/mol. The first kappa shape index (κ1) is 9.20. The summed E-state index contributed by atoms with van der Waals surface area (Å²) in [6.45, 7) is 2.01. The van der Waals surface area contributed by atoms with Gasteiger partial charge in [0.15, 0.2) is 0 Å². The third-order valence-corrected chi connectivity index (χ3v) is 2.45. The average molecular weight is 187 g/mol. The number of benzene rings is 1. The first-order valence-corrected chi connectivity index (χ1v) is 5.08. The standard InChI is InChI=1S/C13H15O/c1-11-7-5-6-10-13(14-11)12-8-3-2-4-9-12/h2-5,7-9,13H,6,10H2,1H3/q+1/t13-/m1/s1. The zero-order valence-electron chi connectivity index (χ0n) is 8.44. The van der Waals surface area contributed by atoms with Crippen molar-refractivity contribution < 1.29 is 4.42 Å². The molecule has 1 aromatic carbocycles. The molecule has 0 amide bonds. The third kappa shape index (κ3) is 2.11. The molecule has 0 aromatic heterocycles. The van der Waals surface area contributed by atoms with Crippen molar-refractivity contribution in [3.63, 3.8) is 0 Å². The van der Waals surface area contributed by atoms with Crippen LogP contribution in [0.15, 0.2) is 42.5 Å². The Morgan fingerprint density at radius 3 is 2.79 bits per heavy atom. The number of ketones is 1. The fraction of sp³-hybridized carbons (Fsp3) is 0.308. The molecule has 0 bridgehead atoms. The van der Waals surface area contributed by atoms with E-state index in [-0.39, 0.29) is 6.10 Å². The van der Waals surface area contributed by atoms with Crippen molar-refractivity contribution in [2.45, 2.75) is 25.9 Å². The molecule has 1 aromatic rings. The number of hydrogen-bond donors (Lipinski definition) is 0. The van der Waals surface area contributed by atoms with E-state index in [0.29, 0.717) is 0 Å². The van der Waals surface area contributed by atoms with Crippen molar-refractivity contribution in [2.24, 2.45) is 0 Å². The zero-order chi connectivity index (χ0) is 9.80. The highest BCUT2D eigenvalue weighted by Gasteiger charge is 2.21. The molecule has 1 aliphatic heterocycles.